The summed E-state index contributed by atoms with van der Waals surface area (Å²) < 4.78 is 11.9. The van der Waals surface area contributed by atoms with Gasteiger partial charge in [0.25, 0.3) is 5.91 Å². The Morgan fingerprint density at radius 3 is 2.55 bits per heavy atom. The van der Waals surface area contributed by atoms with Crippen LogP contribution in [0.15, 0.2) is 42.6 Å². The Morgan fingerprint density at radius 2 is 1.81 bits per heavy atom. The molecule has 0 bridgehead atoms. The van der Waals surface area contributed by atoms with E-state index >= 15 is 0 Å². The molecule has 0 radical (unpaired) electrons. The third-order valence-corrected chi connectivity index (χ3v) is 5.30. The maximum atomic E-state index is 13.1. The minimum absolute atomic E-state index is 0.0709. The highest BCUT2D eigenvalue weighted by atomic mass is 16.5. The van der Waals surface area contributed by atoms with Gasteiger partial charge in [-0.1, -0.05) is 12.1 Å². The maximum absolute atomic E-state index is 13.1. The number of nitrogens with zero attached hydrogens (tertiary/aromatic N) is 4. The normalized spacial score (nSPS) is 15.3. The van der Waals surface area contributed by atoms with E-state index in [1.54, 1.807) is 36.3 Å². The summed E-state index contributed by atoms with van der Waals surface area (Å²) in [5, 5.41) is 0. The minimum Gasteiger partial charge on any atom is -0.488 e. The molecule has 166 valence electrons. The number of benzene rings is 1. The molecule has 2 heterocycles. The summed E-state index contributed by atoms with van der Waals surface area (Å²) >= 11 is 0. The molecule has 1 aliphatic heterocycles. The summed E-state index contributed by atoms with van der Waals surface area (Å²) in [6.45, 7) is 7.52. The van der Waals surface area contributed by atoms with E-state index in [4.69, 9.17) is 9.47 Å². The number of fused-ring (bicyclic) bond motifs is 2. The van der Waals surface area contributed by atoms with Crippen molar-refractivity contribution in [3.8, 4) is 17.4 Å². The lowest BCUT2D eigenvalue weighted by Crippen LogP contribution is -2.44. The maximum Gasteiger partial charge on any atom is 0.259 e. The van der Waals surface area contributed by atoms with Crippen LogP contribution in [0.3, 0.4) is 0 Å². The highest BCUT2D eigenvalue weighted by Gasteiger charge is 2.22. The van der Waals surface area contributed by atoms with Crippen LogP contribution in [0.4, 0.5) is 0 Å². The number of hydrogen-bond acceptors (Lipinski definition) is 6. The Bertz CT molecular complexity index is 901. The number of amides is 2. The average molecular weight is 427 g/mol. The topological polar surface area (TPSA) is 75.2 Å². The summed E-state index contributed by atoms with van der Waals surface area (Å²) in [6, 6.07) is 10.7. The highest BCUT2D eigenvalue weighted by Crippen LogP contribution is 2.32. The Labute approximate surface area is 183 Å². The Morgan fingerprint density at radius 1 is 1.06 bits per heavy atom. The van der Waals surface area contributed by atoms with Gasteiger partial charge >= 0.3 is 0 Å². The van der Waals surface area contributed by atoms with E-state index < -0.39 is 0 Å². The second-order valence-electron chi connectivity index (χ2n) is 7.32. The summed E-state index contributed by atoms with van der Waals surface area (Å²) in [7, 11) is 1.74. The SMILES string of the molecule is CCN(CC)C(=O)CN1CCOc2ccccc2Oc2ncccc2C(=O)N(C)CC1. The monoisotopic (exact) mass is 426 g/mol. The van der Waals surface area contributed by atoms with Crippen LogP contribution in [0.5, 0.6) is 17.4 Å². The third kappa shape index (κ3) is 5.73. The van der Waals surface area contributed by atoms with Crippen molar-refractivity contribution in [1.29, 1.82) is 0 Å². The van der Waals surface area contributed by atoms with Crippen LogP contribution in [0.25, 0.3) is 0 Å². The standard InChI is InChI=1S/C23H30N4O4/c1-4-27(5-2)21(28)17-26-14-13-25(3)23(29)18-9-8-12-24-22(18)31-20-11-7-6-10-19(20)30-16-15-26/h6-12H,4-5,13-17H2,1-3H3. The molecule has 1 aromatic carbocycles. The summed E-state index contributed by atoms with van der Waals surface area (Å²) in [5.74, 6) is 1.18. The van der Waals surface area contributed by atoms with Crippen LogP contribution in [-0.2, 0) is 4.79 Å². The van der Waals surface area contributed by atoms with Gasteiger partial charge in [0.1, 0.15) is 12.2 Å². The zero-order valence-corrected chi connectivity index (χ0v) is 18.4. The molecule has 8 heteroatoms. The molecule has 0 atom stereocenters. The highest BCUT2D eigenvalue weighted by molar-refractivity contribution is 5.96. The molecule has 0 saturated heterocycles. The molecule has 0 spiro atoms. The fourth-order valence-electron chi connectivity index (χ4n) is 3.41. The molecule has 31 heavy (non-hydrogen) atoms. The van der Waals surface area contributed by atoms with Gasteiger partial charge in [0.2, 0.25) is 11.8 Å². The second kappa shape index (κ2) is 10.8. The van der Waals surface area contributed by atoms with Crippen molar-refractivity contribution in [1.82, 2.24) is 19.7 Å². The lowest BCUT2D eigenvalue weighted by Gasteiger charge is -2.27. The van der Waals surface area contributed by atoms with Gasteiger partial charge in [0.15, 0.2) is 11.5 Å². The van der Waals surface area contributed by atoms with Gasteiger partial charge < -0.3 is 19.3 Å². The smallest absolute Gasteiger partial charge is 0.259 e. The minimum atomic E-state index is -0.184. The first-order valence-corrected chi connectivity index (χ1v) is 10.6. The van der Waals surface area contributed by atoms with Gasteiger partial charge in [-0.15, -0.1) is 0 Å². The molecular formula is C23H30N4O4. The molecule has 8 nitrogen and oxygen atoms in total. The molecule has 0 fully saturated rings. The fourth-order valence-corrected chi connectivity index (χ4v) is 3.41. The van der Waals surface area contributed by atoms with E-state index in [-0.39, 0.29) is 24.2 Å². The number of para-hydroxylation sites is 2. The number of pyridine rings is 1. The average Bonchev–Trinajstić information content (AvgIpc) is 2.79. The molecule has 0 aliphatic carbocycles. The molecule has 0 N–H and O–H groups in total. The molecule has 1 aromatic heterocycles. The number of likely N-dealkylation sites (N-methyl/N-ethyl adjacent to an activating group) is 2. The third-order valence-electron chi connectivity index (χ3n) is 5.30. The van der Waals surface area contributed by atoms with Crippen molar-refractivity contribution < 1.29 is 19.1 Å². The van der Waals surface area contributed by atoms with E-state index in [1.165, 1.54) is 0 Å². The quantitative estimate of drug-likeness (QED) is 0.748. The van der Waals surface area contributed by atoms with Crippen LogP contribution in [0, 0.1) is 0 Å². The van der Waals surface area contributed by atoms with Gasteiger partial charge in [-0.25, -0.2) is 4.98 Å². The molecule has 1 aliphatic rings. The Balaban J connectivity index is 1.87. The molecule has 2 amide bonds. The van der Waals surface area contributed by atoms with Crippen molar-refractivity contribution in [2.75, 3.05) is 52.9 Å². The van der Waals surface area contributed by atoms with Crippen LogP contribution in [0.1, 0.15) is 24.2 Å². The Hall–Kier alpha value is -3.13. The number of carbonyl (C=O) groups excluding carboxylic acids is 2. The molecule has 0 saturated carbocycles. The zero-order chi connectivity index (χ0) is 22.2. The van der Waals surface area contributed by atoms with E-state index in [9.17, 15) is 9.59 Å². The summed E-state index contributed by atoms with van der Waals surface area (Å²) in [6.07, 6.45) is 1.59. The van der Waals surface area contributed by atoms with E-state index in [0.29, 0.717) is 56.4 Å². The molecule has 2 aromatic rings. The Kier molecular flexibility index (Phi) is 7.83. The summed E-state index contributed by atoms with van der Waals surface area (Å²) in [4.78, 5) is 35.4. The second-order valence-corrected chi connectivity index (χ2v) is 7.32. The van der Waals surface area contributed by atoms with Gasteiger partial charge in [0, 0.05) is 46.0 Å². The van der Waals surface area contributed by atoms with Gasteiger partial charge in [0.05, 0.1) is 6.54 Å². The molecular weight excluding hydrogens is 396 g/mol. The van der Waals surface area contributed by atoms with Crippen molar-refractivity contribution in [3.05, 3.63) is 48.2 Å². The van der Waals surface area contributed by atoms with E-state index in [0.717, 1.165) is 0 Å². The van der Waals surface area contributed by atoms with Crippen LogP contribution < -0.4 is 9.47 Å². The predicted molar refractivity (Wildman–Crippen MR) is 118 cm³/mol. The largest absolute Gasteiger partial charge is 0.488 e. The molecule has 0 unspecified atom stereocenters. The van der Waals surface area contributed by atoms with Crippen molar-refractivity contribution in [2.45, 2.75) is 13.8 Å². The number of carbonyl (C=O) groups is 2. The lowest BCUT2D eigenvalue weighted by molar-refractivity contribution is -0.132. The van der Waals surface area contributed by atoms with Gasteiger partial charge in [-0.05, 0) is 38.1 Å². The van der Waals surface area contributed by atoms with E-state index in [2.05, 4.69) is 4.98 Å². The number of hydrogen-bond donors (Lipinski definition) is 0. The van der Waals surface area contributed by atoms with E-state index in [1.807, 2.05) is 41.8 Å². The van der Waals surface area contributed by atoms with Crippen LogP contribution >= 0.6 is 0 Å². The lowest BCUT2D eigenvalue weighted by atomic mass is 10.2. The number of aromatic nitrogens is 1. The number of ether oxygens (including phenoxy) is 2. The van der Waals surface area contributed by atoms with Crippen LogP contribution in [-0.4, -0.2) is 84.4 Å². The predicted octanol–water partition coefficient (Wildman–Crippen LogP) is 2.51. The molecule has 3 rings (SSSR count). The van der Waals surface area contributed by atoms with Gasteiger partial charge in [-0.2, -0.15) is 0 Å². The van der Waals surface area contributed by atoms with Crippen LogP contribution in [0.2, 0.25) is 0 Å². The zero-order valence-electron chi connectivity index (χ0n) is 18.4. The number of rotatable bonds is 4. The first-order chi connectivity index (χ1) is 15.0. The fraction of sp³-hybridized carbons (Fsp3) is 0.435. The van der Waals surface area contributed by atoms with Gasteiger partial charge in [-0.3, -0.25) is 14.5 Å². The van der Waals surface area contributed by atoms with Crippen molar-refractivity contribution >= 4 is 11.8 Å². The first-order valence-electron chi connectivity index (χ1n) is 10.6. The van der Waals surface area contributed by atoms with Crippen molar-refractivity contribution in [2.24, 2.45) is 0 Å². The first kappa shape index (κ1) is 22.6. The van der Waals surface area contributed by atoms with Crippen molar-refractivity contribution in [3.63, 3.8) is 0 Å². The summed E-state index contributed by atoms with van der Waals surface area (Å²) in [5.41, 5.74) is 0.379.